The monoisotopic (exact) mass is 330 g/mol. The molecule has 2 aromatic rings. The molecule has 23 heavy (non-hydrogen) atoms. The Kier molecular flexibility index (Phi) is 4.61. The molecule has 5 heteroatoms. The van der Waals surface area contributed by atoms with Crippen molar-refractivity contribution in [3.63, 3.8) is 0 Å². The minimum atomic E-state index is -0.655. The number of thiophene rings is 1. The lowest BCUT2D eigenvalue weighted by atomic mass is 9.84. The van der Waals surface area contributed by atoms with Crippen molar-refractivity contribution in [3.8, 4) is 0 Å². The number of hydrogen-bond donors (Lipinski definition) is 2. The molecule has 0 radical (unpaired) electrons. The molecule has 1 heterocycles. The third-order valence-electron chi connectivity index (χ3n) is 4.24. The molecule has 1 aromatic carbocycles. The van der Waals surface area contributed by atoms with Gasteiger partial charge in [-0.15, -0.1) is 11.3 Å². The summed E-state index contributed by atoms with van der Waals surface area (Å²) in [6.07, 6.45) is 4.43. The fourth-order valence-electron chi connectivity index (χ4n) is 3.04. The summed E-state index contributed by atoms with van der Waals surface area (Å²) >= 11 is 1.49. The largest absolute Gasteiger partial charge is 0.388 e. The standard InChI is InChI=1S/C18H18O4S/c1-11-15(10-7-12-5-3-2-4-6-12)23-17-14(19)9-8-13(16(11)17)18(20)22-21/h2-7,10,13-14,19,21H,8-9H2,1H3/t13-,14+/m1/s1. The molecule has 2 atom stereocenters. The molecule has 0 bridgehead atoms. The molecule has 0 saturated heterocycles. The summed E-state index contributed by atoms with van der Waals surface area (Å²) in [7, 11) is 0. The van der Waals surface area contributed by atoms with Gasteiger partial charge in [-0.25, -0.2) is 4.79 Å². The van der Waals surface area contributed by atoms with Crippen molar-refractivity contribution in [2.24, 2.45) is 0 Å². The van der Waals surface area contributed by atoms with E-state index in [1.807, 2.05) is 49.4 Å². The lowest BCUT2D eigenvalue weighted by molar-refractivity contribution is -0.236. The quantitative estimate of drug-likeness (QED) is 0.655. The average molecular weight is 330 g/mol. The number of benzene rings is 1. The molecule has 0 unspecified atom stereocenters. The Hall–Kier alpha value is -1.95. The highest BCUT2D eigenvalue weighted by Gasteiger charge is 2.35. The number of carbonyl (C=O) groups is 1. The molecule has 1 aromatic heterocycles. The zero-order valence-corrected chi connectivity index (χ0v) is 13.5. The molecule has 0 saturated carbocycles. The lowest BCUT2D eigenvalue weighted by Gasteiger charge is -2.24. The van der Waals surface area contributed by atoms with Gasteiger partial charge in [-0.05, 0) is 42.5 Å². The summed E-state index contributed by atoms with van der Waals surface area (Å²) in [4.78, 5) is 17.6. The van der Waals surface area contributed by atoms with Crippen molar-refractivity contribution >= 4 is 29.5 Å². The Labute approximate surface area is 138 Å². The van der Waals surface area contributed by atoms with Gasteiger partial charge in [0.05, 0.1) is 12.0 Å². The van der Waals surface area contributed by atoms with E-state index in [4.69, 9.17) is 5.26 Å². The third-order valence-corrected chi connectivity index (χ3v) is 5.61. The molecule has 2 N–H and O–H groups in total. The summed E-state index contributed by atoms with van der Waals surface area (Å²) in [6, 6.07) is 9.94. The Morgan fingerprint density at radius 1 is 1.26 bits per heavy atom. The van der Waals surface area contributed by atoms with Gasteiger partial charge < -0.3 is 9.99 Å². The van der Waals surface area contributed by atoms with Crippen LogP contribution >= 0.6 is 11.3 Å². The van der Waals surface area contributed by atoms with Gasteiger partial charge in [-0.3, -0.25) is 0 Å². The smallest absolute Gasteiger partial charge is 0.349 e. The van der Waals surface area contributed by atoms with Crippen molar-refractivity contribution in [1.82, 2.24) is 0 Å². The van der Waals surface area contributed by atoms with Crippen LogP contribution in [-0.2, 0) is 9.68 Å². The molecule has 0 aliphatic heterocycles. The zero-order chi connectivity index (χ0) is 16.4. The number of fused-ring (bicyclic) bond motifs is 1. The highest BCUT2D eigenvalue weighted by molar-refractivity contribution is 7.13. The second kappa shape index (κ2) is 6.66. The molecule has 0 amide bonds. The van der Waals surface area contributed by atoms with Gasteiger partial charge in [0.1, 0.15) is 0 Å². The predicted molar refractivity (Wildman–Crippen MR) is 90.1 cm³/mol. The second-order valence-corrected chi connectivity index (χ2v) is 6.75. The number of aliphatic hydroxyl groups excluding tert-OH is 1. The first-order valence-electron chi connectivity index (χ1n) is 7.51. The molecule has 4 nitrogen and oxygen atoms in total. The maximum Gasteiger partial charge on any atom is 0.349 e. The van der Waals surface area contributed by atoms with E-state index in [-0.39, 0.29) is 0 Å². The van der Waals surface area contributed by atoms with Crippen LogP contribution in [0.4, 0.5) is 0 Å². The van der Waals surface area contributed by atoms with Gasteiger partial charge in [-0.1, -0.05) is 36.4 Å². The van der Waals surface area contributed by atoms with Gasteiger partial charge in [0.15, 0.2) is 0 Å². The summed E-state index contributed by atoms with van der Waals surface area (Å²) < 4.78 is 0. The normalized spacial score (nSPS) is 20.5. The maximum atomic E-state index is 11.8. The Morgan fingerprint density at radius 3 is 2.70 bits per heavy atom. The summed E-state index contributed by atoms with van der Waals surface area (Å²) in [5.74, 6) is -1.16. The predicted octanol–water partition coefficient (Wildman–Crippen LogP) is 4.15. The minimum absolute atomic E-state index is 0.479. The van der Waals surface area contributed by atoms with Crippen molar-refractivity contribution in [3.05, 3.63) is 56.8 Å². The van der Waals surface area contributed by atoms with Crippen LogP contribution in [0, 0.1) is 6.92 Å². The van der Waals surface area contributed by atoms with Crippen LogP contribution in [0.25, 0.3) is 12.2 Å². The number of hydrogen-bond acceptors (Lipinski definition) is 5. The van der Waals surface area contributed by atoms with Gasteiger partial charge >= 0.3 is 5.97 Å². The van der Waals surface area contributed by atoms with Crippen LogP contribution in [-0.4, -0.2) is 16.3 Å². The fourth-order valence-corrected chi connectivity index (χ4v) is 4.34. The van der Waals surface area contributed by atoms with Gasteiger partial charge in [-0.2, -0.15) is 5.26 Å². The topological polar surface area (TPSA) is 66.8 Å². The van der Waals surface area contributed by atoms with Crippen molar-refractivity contribution in [2.45, 2.75) is 31.8 Å². The molecule has 3 rings (SSSR count). The van der Waals surface area contributed by atoms with E-state index in [9.17, 15) is 9.90 Å². The number of aliphatic hydroxyl groups is 1. The van der Waals surface area contributed by atoms with E-state index < -0.39 is 18.0 Å². The van der Waals surface area contributed by atoms with E-state index in [0.717, 1.165) is 26.4 Å². The molecule has 1 aliphatic rings. The SMILES string of the molecule is Cc1c(C=Cc2ccccc2)sc2c1[C@H](C(=O)OO)CC[C@@H]2O. The molecule has 0 spiro atoms. The molecule has 120 valence electrons. The first-order chi connectivity index (χ1) is 11.1. The molecular formula is C18H18O4S. The second-order valence-electron chi connectivity index (χ2n) is 5.67. The minimum Gasteiger partial charge on any atom is -0.388 e. The lowest BCUT2D eigenvalue weighted by Crippen LogP contribution is -2.21. The van der Waals surface area contributed by atoms with E-state index in [0.29, 0.717) is 12.8 Å². The first kappa shape index (κ1) is 15.9. The summed E-state index contributed by atoms with van der Waals surface area (Å²) in [5.41, 5.74) is 2.86. The average Bonchev–Trinajstić information content (AvgIpc) is 2.92. The molecule has 0 fully saturated rings. The van der Waals surface area contributed by atoms with Crippen molar-refractivity contribution in [2.75, 3.05) is 0 Å². The highest BCUT2D eigenvalue weighted by Crippen LogP contribution is 2.46. The fraction of sp³-hybridized carbons (Fsp3) is 0.278. The molecule has 1 aliphatic carbocycles. The van der Waals surface area contributed by atoms with Crippen LogP contribution < -0.4 is 0 Å². The van der Waals surface area contributed by atoms with E-state index >= 15 is 0 Å². The highest BCUT2D eigenvalue weighted by atomic mass is 32.1. The Bertz CT molecular complexity index is 733. The van der Waals surface area contributed by atoms with Crippen LogP contribution in [0.15, 0.2) is 30.3 Å². The molecular weight excluding hydrogens is 312 g/mol. The van der Waals surface area contributed by atoms with Crippen LogP contribution in [0.3, 0.4) is 0 Å². The summed E-state index contributed by atoms with van der Waals surface area (Å²) in [5, 5.41) is 18.9. The maximum absolute atomic E-state index is 11.8. The third kappa shape index (κ3) is 3.08. The van der Waals surface area contributed by atoms with E-state index in [1.165, 1.54) is 11.3 Å². The number of carbonyl (C=O) groups excluding carboxylic acids is 1. The van der Waals surface area contributed by atoms with Crippen molar-refractivity contribution < 1.29 is 20.0 Å². The van der Waals surface area contributed by atoms with Crippen molar-refractivity contribution in [1.29, 1.82) is 0 Å². The van der Waals surface area contributed by atoms with E-state index in [2.05, 4.69) is 4.89 Å². The Morgan fingerprint density at radius 2 is 2.00 bits per heavy atom. The summed E-state index contributed by atoms with van der Waals surface area (Å²) in [6.45, 7) is 1.94. The van der Waals surface area contributed by atoms with Crippen LogP contribution in [0.2, 0.25) is 0 Å². The zero-order valence-electron chi connectivity index (χ0n) is 12.7. The first-order valence-corrected chi connectivity index (χ1v) is 8.33. The van der Waals surface area contributed by atoms with E-state index in [1.54, 1.807) is 0 Å². The van der Waals surface area contributed by atoms with Gasteiger partial charge in [0.2, 0.25) is 0 Å². The van der Waals surface area contributed by atoms with Crippen LogP contribution in [0.1, 0.15) is 51.3 Å². The van der Waals surface area contributed by atoms with Gasteiger partial charge in [0, 0.05) is 9.75 Å². The van der Waals surface area contributed by atoms with Gasteiger partial charge in [0.25, 0.3) is 0 Å². The number of rotatable bonds is 3. The van der Waals surface area contributed by atoms with Crippen LogP contribution in [0.5, 0.6) is 0 Å². The Balaban J connectivity index is 1.98.